The molecule has 0 spiro atoms. The summed E-state index contributed by atoms with van der Waals surface area (Å²) in [5, 5.41) is 0. The van der Waals surface area contributed by atoms with Crippen LogP contribution in [0.4, 0.5) is 14.5 Å². The fraction of sp³-hybridized carbons (Fsp3) is 0.0556. The second-order valence-electron chi connectivity index (χ2n) is 5.15. The van der Waals surface area contributed by atoms with Crippen molar-refractivity contribution in [3.05, 3.63) is 71.3 Å². The third-order valence-corrected chi connectivity index (χ3v) is 3.68. The van der Waals surface area contributed by atoms with E-state index in [1.54, 1.807) is 30.3 Å². The maximum Gasteiger partial charge on any atom is 0.344 e. The summed E-state index contributed by atoms with van der Waals surface area (Å²) in [5.74, 6) is -5.39. The number of esters is 1. The molecule has 0 aromatic heterocycles. The number of hydrogen-bond donors (Lipinski definition) is 0. The molecule has 0 bridgehead atoms. The molecule has 0 aliphatic carbocycles. The predicted molar refractivity (Wildman–Crippen MR) is 84.2 cm³/mol. The molecule has 0 saturated carbocycles. The first-order valence-electron chi connectivity index (χ1n) is 7.17. The van der Waals surface area contributed by atoms with E-state index < -0.39 is 34.9 Å². The Kier molecular flexibility index (Phi) is 4.14. The standard InChI is InChI=1S/C18H11F2NO4/c1-25-18(24)14-15(10-5-3-2-4-6-10)21(17(23)16(14)22)11-7-8-12(19)13(20)9-11/h2-9H,1H3. The molecule has 2 aromatic rings. The van der Waals surface area contributed by atoms with Crippen LogP contribution in [0.1, 0.15) is 5.56 Å². The number of amides is 1. The molecule has 1 aliphatic heterocycles. The molecule has 0 saturated heterocycles. The Labute approximate surface area is 141 Å². The highest BCUT2D eigenvalue weighted by Crippen LogP contribution is 2.35. The number of carbonyl (C=O) groups is 3. The van der Waals surface area contributed by atoms with Crippen molar-refractivity contribution in [2.75, 3.05) is 12.0 Å². The minimum atomic E-state index is -1.18. The van der Waals surface area contributed by atoms with Gasteiger partial charge < -0.3 is 4.74 Å². The summed E-state index contributed by atoms with van der Waals surface area (Å²) in [6, 6.07) is 10.9. The van der Waals surface area contributed by atoms with Crippen LogP contribution in [0, 0.1) is 11.6 Å². The van der Waals surface area contributed by atoms with Crippen LogP contribution in [0.3, 0.4) is 0 Å². The van der Waals surface area contributed by atoms with E-state index in [-0.39, 0.29) is 11.4 Å². The van der Waals surface area contributed by atoms with Crippen LogP contribution in [0.25, 0.3) is 5.70 Å². The Hall–Kier alpha value is -3.35. The van der Waals surface area contributed by atoms with Gasteiger partial charge in [0.2, 0.25) is 0 Å². The van der Waals surface area contributed by atoms with Gasteiger partial charge in [-0.3, -0.25) is 14.5 Å². The zero-order valence-corrected chi connectivity index (χ0v) is 13.0. The molecule has 25 heavy (non-hydrogen) atoms. The summed E-state index contributed by atoms with van der Waals surface area (Å²) in [4.78, 5) is 37.7. The first-order chi connectivity index (χ1) is 12.0. The van der Waals surface area contributed by atoms with Crippen LogP contribution in [0.15, 0.2) is 54.1 Å². The number of ether oxygens (including phenoxy) is 1. The predicted octanol–water partition coefficient (Wildman–Crippen LogP) is 2.46. The zero-order chi connectivity index (χ0) is 18.1. The topological polar surface area (TPSA) is 63.7 Å². The number of hydrogen-bond acceptors (Lipinski definition) is 4. The molecule has 0 N–H and O–H groups in total. The van der Waals surface area contributed by atoms with Gasteiger partial charge in [0.15, 0.2) is 11.6 Å². The Morgan fingerprint density at radius 3 is 2.28 bits per heavy atom. The number of ketones is 1. The molecule has 1 aliphatic rings. The molecule has 0 fully saturated rings. The number of carbonyl (C=O) groups excluding carboxylic acids is 3. The molecule has 1 amide bonds. The molecule has 0 radical (unpaired) electrons. The Balaban J connectivity index is 2.27. The van der Waals surface area contributed by atoms with E-state index in [4.69, 9.17) is 0 Å². The number of methoxy groups -OCH3 is 1. The van der Waals surface area contributed by atoms with Gasteiger partial charge in [-0.1, -0.05) is 30.3 Å². The van der Waals surface area contributed by atoms with E-state index in [9.17, 15) is 23.2 Å². The number of rotatable bonds is 3. The third-order valence-electron chi connectivity index (χ3n) is 3.68. The van der Waals surface area contributed by atoms with Crippen molar-refractivity contribution in [3.8, 4) is 0 Å². The number of nitrogens with zero attached hydrogens (tertiary/aromatic N) is 1. The monoisotopic (exact) mass is 343 g/mol. The molecule has 0 unspecified atom stereocenters. The average Bonchev–Trinajstić information content (AvgIpc) is 2.89. The lowest BCUT2D eigenvalue weighted by atomic mass is 10.1. The minimum absolute atomic E-state index is 0.0338. The van der Waals surface area contributed by atoms with Gasteiger partial charge in [-0.05, 0) is 17.7 Å². The molecule has 5 nitrogen and oxygen atoms in total. The summed E-state index contributed by atoms with van der Waals surface area (Å²) in [6.07, 6.45) is 0. The van der Waals surface area contributed by atoms with Crippen LogP contribution in [-0.4, -0.2) is 24.8 Å². The van der Waals surface area contributed by atoms with Crippen molar-refractivity contribution >= 4 is 29.0 Å². The van der Waals surface area contributed by atoms with Gasteiger partial charge >= 0.3 is 11.9 Å². The molecule has 2 aromatic carbocycles. The number of anilines is 1. The van der Waals surface area contributed by atoms with Crippen molar-refractivity contribution in [1.29, 1.82) is 0 Å². The maximum absolute atomic E-state index is 13.6. The largest absolute Gasteiger partial charge is 0.465 e. The summed E-state index contributed by atoms with van der Waals surface area (Å²) < 4.78 is 31.4. The lowest BCUT2D eigenvalue weighted by molar-refractivity contribution is -0.140. The Morgan fingerprint density at radius 1 is 1.00 bits per heavy atom. The van der Waals surface area contributed by atoms with E-state index in [0.717, 1.165) is 30.2 Å². The molecule has 3 rings (SSSR count). The minimum Gasteiger partial charge on any atom is -0.465 e. The van der Waals surface area contributed by atoms with Gasteiger partial charge in [0.25, 0.3) is 5.78 Å². The van der Waals surface area contributed by atoms with E-state index in [0.29, 0.717) is 5.56 Å². The van der Waals surface area contributed by atoms with Crippen LogP contribution in [0.2, 0.25) is 0 Å². The van der Waals surface area contributed by atoms with Gasteiger partial charge in [-0.15, -0.1) is 0 Å². The van der Waals surface area contributed by atoms with Gasteiger partial charge in [-0.2, -0.15) is 0 Å². The molecule has 1 heterocycles. The first-order valence-corrected chi connectivity index (χ1v) is 7.17. The van der Waals surface area contributed by atoms with Gasteiger partial charge in [0.1, 0.15) is 5.57 Å². The van der Waals surface area contributed by atoms with Crippen LogP contribution in [0.5, 0.6) is 0 Å². The van der Waals surface area contributed by atoms with Crippen LogP contribution >= 0.6 is 0 Å². The lowest BCUT2D eigenvalue weighted by Gasteiger charge is -2.20. The van der Waals surface area contributed by atoms with Crippen molar-refractivity contribution in [2.24, 2.45) is 0 Å². The molecule has 126 valence electrons. The summed E-state index contributed by atoms with van der Waals surface area (Å²) in [7, 11) is 1.08. The highest BCUT2D eigenvalue weighted by atomic mass is 19.2. The van der Waals surface area contributed by atoms with Crippen molar-refractivity contribution in [1.82, 2.24) is 0 Å². The van der Waals surface area contributed by atoms with Gasteiger partial charge in [0, 0.05) is 6.07 Å². The normalized spacial score (nSPS) is 14.3. The lowest BCUT2D eigenvalue weighted by Crippen LogP contribution is -2.28. The highest BCUT2D eigenvalue weighted by Gasteiger charge is 2.44. The quantitative estimate of drug-likeness (QED) is 0.488. The number of benzene rings is 2. The first kappa shape index (κ1) is 16.5. The molecular formula is C18H11F2NO4. The van der Waals surface area contributed by atoms with Crippen molar-refractivity contribution in [2.45, 2.75) is 0 Å². The maximum atomic E-state index is 13.6. The van der Waals surface area contributed by atoms with Crippen molar-refractivity contribution in [3.63, 3.8) is 0 Å². The van der Waals surface area contributed by atoms with Crippen molar-refractivity contribution < 1.29 is 27.9 Å². The van der Waals surface area contributed by atoms with E-state index >= 15 is 0 Å². The average molecular weight is 343 g/mol. The van der Waals surface area contributed by atoms with Gasteiger partial charge in [0.05, 0.1) is 18.5 Å². The SMILES string of the molecule is COC(=O)C1=C(c2ccccc2)N(c2ccc(F)c(F)c2)C(=O)C1=O. The highest BCUT2D eigenvalue weighted by molar-refractivity contribution is 6.59. The second kappa shape index (κ2) is 6.27. The summed E-state index contributed by atoms with van der Waals surface area (Å²) in [5.41, 5.74) is -0.182. The summed E-state index contributed by atoms with van der Waals surface area (Å²) in [6.45, 7) is 0. The van der Waals surface area contributed by atoms with Gasteiger partial charge in [-0.25, -0.2) is 13.6 Å². The zero-order valence-electron chi connectivity index (χ0n) is 13.0. The van der Waals surface area contributed by atoms with E-state index in [1.807, 2.05) is 0 Å². The van der Waals surface area contributed by atoms with Crippen LogP contribution in [-0.2, 0) is 19.1 Å². The fourth-order valence-electron chi connectivity index (χ4n) is 2.56. The number of halogens is 2. The third kappa shape index (κ3) is 2.69. The van der Waals surface area contributed by atoms with E-state index in [2.05, 4.69) is 4.74 Å². The molecule has 7 heteroatoms. The van der Waals surface area contributed by atoms with Crippen LogP contribution < -0.4 is 4.90 Å². The smallest absolute Gasteiger partial charge is 0.344 e. The number of Topliss-reactive ketones (excluding diaryl/α,β-unsaturated/α-hetero) is 1. The second-order valence-corrected chi connectivity index (χ2v) is 5.15. The fourth-order valence-corrected chi connectivity index (χ4v) is 2.56. The summed E-state index contributed by atoms with van der Waals surface area (Å²) >= 11 is 0. The molecule has 0 atom stereocenters. The Morgan fingerprint density at radius 2 is 1.68 bits per heavy atom. The molecular weight excluding hydrogens is 332 g/mol. The van der Waals surface area contributed by atoms with E-state index in [1.165, 1.54) is 0 Å². The Bertz CT molecular complexity index is 922.